The highest BCUT2D eigenvalue weighted by molar-refractivity contribution is 5.55. The van der Waals surface area contributed by atoms with Crippen LogP contribution in [0.3, 0.4) is 0 Å². The van der Waals surface area contributed by atoms with E-state index in [0.717, 1.165) is 48.7 Å². The lowest BCUT2D eigenvalue weighted by molar-refractivity contribution is 0.223. The lowest BCUT2D eigenvalue weighted by atomic mass is 9.99. The van der Waals surface area contributed by atoms with Gasteiger partial charge in [0.1, 0.15) is 11.9 Å². The molecule has 3 rings (SSSR count). The first-order valence-electron chi connectivity index (χ1n) is 14.4. The molecule has 1 aliphatic rings. The molecule has 35 heavy (non-hydrogen) atoms. The zero-order chi connectivity index (χ0) is 24.6. The van der Waals surface area contributed by atoms with Crippen LogP contribution in [0.15, 0.2) is 36.7 Å². The Bertz CT molecular complexity index is 787. The van der Waals surface area contributed by atoms with Gasteiger partial charge in [0.25, 0.3) is 0 Å². The normalized spacial score (nSPS) is 14.9. The fraction of sp³-hybridized carbons (Fsp3) is 0.677. The highest BCUT2D eigenvalue weighted by Crippen LogP contribution is 2.29. The van der Waals surface area contributed by atoms with Crippen LogP contribution in [0, 0.1) is 5.92 Å². The first kappa shape index (κ1) is 27.6. The molecule has 3 nitrogen and oxygen atoms in total. The predicted octanol–water partition coefficient (Wildman–Crippen LogP) is 9.29. The van der Waals surface area contributed by atoms with E-state index in [-0.39, 0.29) is 0 Å². The van der Waals surface area contributed by atoms with Crippen molar-refractivity contribution in [3.05, 3.63) is 42.2 Å². The second-order valence-electron chi connectivity index (χ2n) is 10.5. The largest absolute Gasteiger partial charge is 0.493 e. The van der Waals surface area contributed by atoms with E-state index < -0.39 is 6.17 Å². The fourth-order valence-electron chi connectivity index (χ4n) is 5.17. The molecule has 1 aliphatic carbocycles. The van der Waals surface area contributed by atoms with Crippen molar-refractivity contribution in [2.45, 2.75) is 122 Å². The predicted molar refractivity (Wildman–Crippen MR) is 145 cm³/mol. The Morgan fingerprint density at radius 1 is 0.857 bits per heavy atom. The molecule has 0 aliphatic heterocycles. The molecule has 0 radical (unpaired) electrons. The molecule has 1 unspecified atom stereocenters. The van der Waals surface area contributed by atoms with Crippen LogP contribution < -0.4 is 4.74 Å². The van der Waals surface area contributed by atoms with Crippen molar-refractivity contribution in [1.29, 1.82) is 0 Å². The second-order valence-corrected chi connectivity index (χ2v) is 10.5. The number of halogens is 1. The van der Waals surface area contributed by atoms with Crippen molar-refractivity contribution in [1.82, 2.24) is 9.97 Å². The molecule has 1 aromatic heterocycles. The molecule has 1 fully saturated rings. The average molecular weight is 483 g/mol. The number of benzene rings is 1. The minimum absolute atomic E-state index is 0.415. The summed E-state index contributed by atoms with van der Waals surface area (Å²) in [4.78, 5) is 9.15. The molecule has 194 valence electrons. The Kier molecular flexibility index (Phi) is 13.1. The number of nitrogens with zero attached hydrogens (tertiary/aromatic N) is 2. The molecule has 0 amide bonds. The van der Waals surface area contributed by atoms with E-state index in [0.29, 0.717) is 19.4 Å². The highest BCUT2D eigenvalue weighted by Gasteiger charge is 2.13. The van der Waals surface area contributed by atoms with Gasteiger partial charge in [-0.3, -0.25) is 0 Å². The van der Waals surface area contributed by atoms with Crippen LogP contribution >= 0.6 is 0 Å². The molecule has 0 saturated heterocycles. The fourth-order valence-corrected chi connectivity index (χ4v) is 5.17. The summed E-state index contributed by atoms with van der Waals surface area (Å²) in [6.07, 6.45) is 24.0. The SMILES string of the molecule is CCCCCC(F)CCOc1ccc(-c2ncc(CCCCCCCCC3CCCC3)cn2)cc1. The maximum Gasteiger partial charge on any atom is 0.159 e. The third-order valence-corrected chi connectivity index (χ3v) is 7.44. The van der Waals surface area contributed by atoms with Crippen molar-refractivity contribution in [2.75, 3.05) is 6.61 Å². The summed E-state index contributed by atoms with van der Waals surface area (Å²) in [6, 6.07) is 7.80. The van der Waals surface area contributed by atoms with Gasteiger partial charge >= 0.3 is 0 Å². The van der Waals surface area contributed by atoms with E-state index >= 15 is 0 Å². The lowest BCUT2D eigenvalue weighted by Gasteiger charge is -2.10. The average Bonchev–Trinajstić information content (AvgIpc) is 3.40. The summed E-state index contributed by atoms with van der Waals surface area (Å²) in [7, 11) is 0. The number of unbranched alkanes of at least 4 members (excludes halogenated alkanes) is 7. The number of aryl methyl sites for hydroxylation is 1. The quantitative estimate of drug-likeness (QED) is 0.199. The van der Waals surface area contributed by atoms with Crippen LogP contribution in [0.1, 0.15) is 115 Å². The maximum atomic E-state index is 13.9. The van der Waals surface area contributed by atoms with Gasteiger partial charge in [-0.05, 0) is 55.0 Å². The van der Waals surface area contributed by atoms with Gasteiger partial charge in [-0.25, -0.2) is 14.4 Å². The minimum Gasteiger partial charge on any atom is -0.493 e. The lowest BCUT2D eigenvalue weighted by Crippen LogP contribution is -2.07. The molecular weight excluding hydrogens is 435 g/mol. The Morgan fingerprint density at radius 3 is 2.26 bits per heavy atom. The van der Waals surface area contributed by atoms with Crippen molar-refractivity contribution in [2.24, 2.45) is 5.92 Å². The molecular formula is C31H47FN2O. The number of hydrogen-bond donors (Lipinski definition) is 0. The number of rotatable bonds is 18. The van der Waals surface area contributed by atoms with Crippen LogP contribution in [0.2, 0.25) is 0 Å². The topological polar surface area (TPSA) is 35.0 Å². The first-order chi connectivity index (χ1) is 17.2. The zero-order valence-electron chi connectivity index (χ0n) is 22.0. The Balaban J connectivity index is 1.27. The smallest absolute Gasteiger partial charge is 0.159 e. The number of hydrogen-bond acceptors (Lipinski definition) is 3. The molecule has 0 N–H and O–H groups in total. The third kappa shape index (κ3) is 11.1. The van der Waals surface area contributed by atoms with Gasteiger partial charge in [-0.1, -0.05) is 90.4 Å². The summed E-state index contributed by atoms with van der Waals surface area (Å²) >= 11 is 0. The van der Waals surface area contributed by atoms with E-state index in [9.17, 15) is 4.39 Å². The van der Waals surface area contributed by atoms with Gasteiger partial charge in [-0.15, -0.1) is 0 Å². The van der Waals surface area contributed by atoms with Crippen LogP contribution in [-0.4, -0.2) is 22.7 Å². The summed E-state index contributed by atoms with van der Waals surface area (Å²) in [6.45, 7) is 2.55. The van der Waals surface area contributed by atoms with Gasteiger partial charge in [0.15, 0.2) is 5.82 Å². The van der Waals surface area contributed by atoms with Crippen LogP contribution in [0.4, 0.5) is 4.39 Å². The zero-order valence-corrected chi connectivity index (χ0v) is 22.0. The monoisotopic (exact) mass is 482 g/mol. The van der Waals surface area contributed by atoms with E-state index in [2.05, 4.69) is 16.9 Å². The van der Waals surface area contributed by atoms with Crippen LogP contribution in [0.25, 0.3) is 11.4 Å². The van der Waals surface area contributed by atoms with E-state index in [1.807, 2.05) is 36.7 Å². The molecule has 1 aromatic carbocycles. The molecule has 2 aromatic rings. The van der Waals surface area contributed by atoms with Crippen LogP contribution in [0.5, 0.6) is 5.75 Å². The maximum absolute atomic E-state index is 13.9. The Hall–Kier alpha value is -1.97. The molecule has 1 saturated carbocycles. The van der Waals surface area contributed by atoms with Crippen molar-refractivity contribution in [3.63, 3.8) is 0 Å². The summed E-state index contributed by atoms with van der Waals surface area (Å²) in [5, 5.41) is 0. The molecule has 4 heteroatoms. The standard InChI is InChI=1S/C31H47FN2O/c1-2-3-8-17-29(32)22-23-35-30-20-18-28(19-21-30)31-33-24-27(25-34-31)16-10-7-5-4-6-9-13-26-14-11-12-15-26/h18-21,24-26,29H,2-17,22-23H2,1H3. The van der Waals surface area contributed by atoms with Crippen molar-refractivity contribution >= 4 is 0 Å². The Labute approximate surface area is 213 Å². The van der Waals surface area contributed by atoms with E-state index in [1.54, 1.807) is 0 Å². The Morgan fingerprint density at radius 2 is 1.54 bits per heavy atom. The molecule has 0 bridgehead atoms. The van der Waals surface area contributed by atoms with Gasteiger partial charge in [-0.2, -0.15) is 0 Å². The van der Waals surface area contributed by atoms with Crippen LogP contribution in [-0.2, 0) is 6.42 Å². The summed E-state index contributed by atoms with van der Waals surface area (Å²) in [5.74, 6) is 2.55. The second kappa shape index (κ2) is 16.7. The number of aromatic nitrogens is 2. The number of alkyl halides is 1. The first-order valence-corrected chi connectivity index (χ1v) is 14.4. The summed E-state index contributed by atoms with van der Waals surface area (Å²) < 4.78 is 19.6. The van der Waals surface area contributed by atoms with Gasteiger partial charge in [0, 0.05) is 24.4 Å². The summed E-state index contributed by atoms with van der Waals surface area (Å²) in [5.41, 5.74) is 2.19. The van der Waals surface area contributed by atoms with Gasteiger partial charge in [0.05, 0.1) is 6.61 Å². The van der Waals surface area contributed by atoms with Crippen molar-refractivity contribution < 1.29 is 9.13 Å². The van der Waals surface area contributed by atoms with E-state index in [1.165, 1.54) is 76.2 Å². The molecule has 1 heterocycles. The number of ether oxygens (including phenoxy) is 1. The highest BCUT2D eigenvalue weighted by atomic mass is 19.1. The third-order valence-electron chi connectivity index (χ3n) is 7.44. The van der Waals surface area contributed by atoms with Gasteiger partial charge in [0.2, 0.25) is 0 Å². The van der Waals surface area contributed by atoms with Crippen molar-refractivity contribution in [3.8, 4) is 17.1 Å². The van der Waals surface area contributed by atoms with E-state index in [4.69, 9.17) is 4.74 Å². The molecule has 0 spiro atoms. The van der Waals surface area contributed by atoms with Gasteiger partial charge < -0.3 is 4.74 Å². The minimum atomic E-state index is -0.765. The molecule has 1 atom stereocenters.